The third kappa shape index (κ3) is 10.8. The molecule has 0 heterocycles. The Bertz CT molecular complexity index is 181. The van der Waals surface area contributed by atoms with E-state index in [1.807, 2.05) is 0 Å². The van der Waals surface area contributed by atoms with E-state index >= 15 is 0 Å². The fraction of sp³-hybridized carbons (Fsp3) is 1.00. The van der Waals surface area contributed by atoms with Crippen molar-refractivity contribution >= 4 is 26.0 Å². The van der Waals surface area contributed by atoms with Crippen LogP contribution in [-0.4, -0.2) is 37.6 Å². The molecule has 2 nitrogen and oxygen atoms in total. The Labute approximate surface area is 73.3 Å². The van der Waals surface area contributed by atoms with Gasteiger partial charge in [0.25, 0.3) is 0 Å². The summed E-state index contributed by atoms with van der Waals surface area (Å²) >= 11 is 1.54. The van der Waals surface area contributed by atoms with Crippen LogP contribution in [0.3, 0.4) is 0 Å². The zero-order chi connectivity index (χ0) is 9.12. The molecule has 0 radical (unpaired) electrons. The highest BCUT2D eigenvalue weighted by Crippen LogP contribution is 2.46. The lowest BCUT2D eigenvalue weighted by molar-refractivity contribution is 0.585. The Morgan fingerprint density at radius 2 is 1.18 bits per heavy atom. The highest BCUT2D eigenvalue weighted by atomic mass is 32.2. The first-order valence-corrected chi connectivity index (χ1v) is 10.1. The minimum absolute atomic E-state index is 0.651. The van der Waals surface area contributed by atoms with Crippen molar-refractivity contribution in [2.24, 2.45) is 0 Å². The second kappa shape index (κ2) is 4.16. The predicted octanol–water partition coefficient (Wildman–Crippen LogP) is 2.88. The average molecular weight is 214 g/mol. The molecule has 5 heteroatoms. The molecule has 0 spiro atoms. The molecule has 0 saturated heterocycles. The van der Waals surface area contributed by atoms with Crippen molar-refractivity contribution in [3.8, 4) is 0 Å². The fourth-order valence-corrected chi connectivity index (χ4v) is 5.06. The Morgan fingerprint density at radius 1 is 0.909 bits per heavy atom. The molecule has 0 bridgehead atoms. The summed E-state index contributed by atoms with van der Waals surface area (Å²) < 4.78 is 22.4. The Kier molecular flexibility index (Phi) is 4.47. The second-order valence-electron chi connectivity index (χ2n) is 3.61. The van der Waals surface area contributed by atoms with E-state index in [0.717, 1.165) is 0 Å². The van der Waals surface area contributed by atoms with Gasteiger partial charge >= 0.3 is 0 Å². The zero-order valence-electron chi connectivity index (χ0n) is 7.53. The lowest BCUT2D eigenvalue weighted by Crippen LogP contribution is -1.84. The molecule has 0 fully saturated rings. The Hall–Kier alpha value is 0.810. The van der Waals surface area contributed by atoms with Crippen molar-refractivity contribution in [1.82, 2.24) is 0 Å². The van der Waals surface area contributed by atoms with Gasteiger partial charge in [0.2, 0.25) is 0 Å². The van der Waals surface area contributed by atoms with E-state index in [9.17, 15) is 9.13 Å². The van der Waals surface area contributed by atoms with Gasteiger partial charge in [-0.1, -0.05) is 0 Å². The summed E-state index contributed by atoms with van der Waals surface area (Å²) in [5.74, 6) is 0. The van der Waals surface area contributed by atoms with Crippen LogP contribution in [0.25, 0.3) is 0 Å². The molecular formula is C6H16O2P2S. The number of rotatable bonds is 4. The van der Waals surface area contributed by atoms with Crippen molar-refractivity contribution in [1.29, 1.82) is 0 Å². The number of hydrogen-bond donors (Lipinski definition) is 0. The normalized spacial score (nSPS) is 13.5. The molecule has 0 N–H and O–H groups in total. The van der Waals surface area contributed by atoms with Crippen LogP contribution in [0.2, 0.25) is 0 Å². The summed E-state index contributed by atoms with van der Waals surface area (Å²) in [6.07, 6.45) is 0. The van der Waals surface area contributed by atoms with E-state index in [4.69, 9.17) is 0 Å². The molecule has 0 aliphatic heterocycles. The van der Waals surface area contributed by atoms with Gasteiger partial charge in [0, 0.05) is 11.0 Å². The van der Waals surface area contributed by atoms with Gasteiger partial charge < -0.3 is 9.13 Å². The average Bonchev–Trinajstić information content (AvgIpc) is 1.55. The third-order valence-corrected chi connectivity index (χ3v) is 7.24. The minimum atomic E-state index is -1.91. The topological polar surface area (TPSA) is 34.1 Å². The summed E-state index contributed by atoms with van der Waals surface area (Å²) in [7, 11) is -3.82. The van der Waals surface area contributed by atoms with Crippen LogP contribution < -0.4 is 0 Å². The first-order chi connectivity index (χ1) is 4.71. The van der Waals surface area contributed by atoms with E-state index in [0.29, 0.717) is 11.0 Å². The van der Waals surface area contributed by atoms with Crippen molar-refractivity contribution in [3.63, 3.8) is 0 Å². The maximum absolute atomic E-state index is 11.2. The van der Waals surface area contributed by atoms with E-state index < -0.39 is 14.3 Å². The zero-order valence-corrected chi connectivity index (χ0v) is 10.1. The standard InChI is InChI=1S/C6H16O2P2S/c1-9(2,7)5-11-6-10(3,4)8/h5-6H2,1-4H3. The molecule has 0 aromatic heterocycles. The highest BCUT2D eigenvalue weighted by Gasteiger charge is 2.11. The molecule has 68 valence electrons. The van der Waals surface area contributed by atoms with E-state index in [1.54, 1.807) is 38.4 Å². The van der Waals surface area contributed by atoms with Crippen LogP contribution in [0.1, 0.15) is 0 Å². The van der Waals surface area contributed by atoms with Gasteiger partial charge in [-0.05, 0) is 26.7 Å². The van der Waals surface area contributed by atoms with Gasteiger partial charge in [0.15, 0.2) is 0 Å². The van der Waals surface area contributed by atoms with Gasteiger partial charge in [-0.15, -0.1) is 11.8 Å². The van der Waals surface area contributed by atoms with Gasteiger partial charge in [-0.2, -0.15) is 0 Å². The number of thioether (sulfide) groups is 1. The first-order valence-electron chi connectivity index (χ1n) is 3.36. The molecule has 0 atom stereocenters. The number of hydrogen-bond acceptors (Lipinski definition) is 3. The molecule has 0 aliphatic rings. The summed E-state index contributed by atoms with van der Waals surface area (Å²) in [6, 6.07) is 0. The van der Waals surface area contributed by atoms with Gasteiger partial charge in [-0.3, -0.25) is 0 Å². The maximum Gasteiger partial charge on any atom is 0.0913 e. The van der Waals surface area contributed by atoms with Crippen LogP contribution in [0.4, 0.5) is 0 Å². The monoisotopic (exact) mass is 214 g/mol. The molecule has 0 unspecified atom stereocenters. The first kappa shape index (κ1) is 11.8. The molecule has 0 saturated carbocycles. The largest absolute Gasteiger partial charge is 0.323 e. The van der Waals surface area contributed by atoms with Crippen molar-refractivity contribution in [2.75, 3.05) is 37.6 Å². The molecule has 0 aromatic carbocycles. The third-order valence-electron chi connectivity index (χ3n) is 0.804. The quantitative estimate of drug-likeness (QED) is 0.675. The van der Waals surface area contributed by atoms with E-state index in [-0.39, 0.29) is 0 Å². The van der Waals surface area contributed by atoms with Crippen LogP contribution >= 0.6 is 26.0 Å². The van der Waals surface area contributed by atoms with Gasteiger partial charge in [0.05, 0.1) is 14.3 Å². The van der Waals surface area contributed by atoms with Crippen molar-refractivity contribution in [2.45, 2.75) is 0 Å². The van der Waals surface area contributed by atoms with Crippen LogP contribution in [0.15, 0.2) is 0 Å². The molecule has 0 rings (SSSR count). The Balaban J connectivity index is 3.61. The Morgan fingerprint density at radius 3 is 1.36 bits per heavy atom. The van der Waals surface area contributed by atoms with E-state index in [1.165, 1.54) is 0 Å². The van der Waals surface area contributed by atoms with Crippen molar-refractivity contribution in [3.05, 3.63) is 0 Å². The highest BCUT2D eigenvalue weighted by molar-refractivity contribution is 8.10. The lowest BCUT2D eigenvalue weighted by Gasteiger charge is -2.08. The van der Waals surface area contributed by atoms with Crippen LogP contribution in [0, 0.1) is 0 Å². The summed E-state index contributed by atoms with van der Waals surface area (Å²) in [6.45, 7) is 7.04. The van der Waals surface area contributed by atoms with Crippen molar-refractivity contribution < 1.29 is 9.13 Å². The van der Waals surface area contributed by atoms with E-state index in [2.05, 4.69) is 0 Å². The maximum atomic E-state index is 11.2. The fourth-order valence-electron chi connectivity index (χ4n) is 0.481. The minimum Gasteiger partial charge on any atom is -0.323 e. The SMILES string of the molecule is CP(C)(=O)CSCP(C)(C)=O. The molecular weight excluding hydrogens is 198 g/mol. The molecule has 0 amide bonds. The predicted molar refractivity (Wildman–Crippen MR) is 56.2 cm³/mol. The lowest BCUT2D eigenvalue weighted by atomic mass is 11.8. The molecule has 11 heavy (non-hydrogen) atoms. The second-order valence-corrected chi connectivity index (χ2v) is 12.4. The summed E-state index contributed by atoms with van der Waals surface area (Å²) in [4.78, 5) is 0. The summed E-state index contributed by atoms with van der Waals surface area (Å²) in [5.41, 5.74) is 1.30. The summed E-state index contributed by atoms with van der Waals surface area (Å²) in [5, 5.41) is 0. The molecule has 0 aromatic rings. The van der Waals surface area contributed by atoms with Gasteiger partial charge in [-0.25, -0.2) is 0 Å². The van der Waals surface area contributed by atoms with Crippen LogP contribution in [-0.2, 0) is 9.13 Å². The smallest absolute Gasteiger partial charge is 0.0913 e. The van der Waals surface area contributed by atoms with Gasteiger partial charge in [0.1, 0.15) is 0 Å². The molecule has 0 aliphatic carbocycles. The van der Waals surface area contributed by atoms with Crippen LogP contribution in [0.5, 0.6) is 0 Å².